The van der Waals surface area contributed by atoms with Crippen molar-refractivity contribution in [3.8, 4) is 11.5 Å². The minimum absolute atomic E-state index is 0.295. The van der Waals surface area contributed by atoms with E-state index in [1.807, 2.05) is 0 Å². The molecule has 0 radical (unpaired) electrons. The fraction of sp³-hybridized carbons (Fsp3) is 0.0909. The highest BCUT2D eigenvalue weighted by molar-refractivity contribution is 6.31. The number of carbonyl (C=O) groups is 2. The lowest BCUT2D eigenvalue weighted by molar-refractivity contribution is 0.101. The van der Waals surface area contributed by atoms with Crippen LogP contribution in [0.4, 0.5) is 11.4 Å². The lowest BCUT2D eigenvalue weighted by Crippen LogP contribution is -2.15. The molecule has 3 aromatic rings. The molecule has 0 saturated heterocycles. The molecule has 0 aliphatic carbocycles. The second-order valence-electron chi connectivity index (χ2n) is 6.18. The second-order valence-corrected chi connectivity index (χ2v) is 7.05. The molecule has 0 atom stereocenters. The number of rotatable bonds is 6. The van der Waals surface area contributed by atoms with E-state index in [-0.39, 0.29) is 0 Å². The Morgan fingerprint density at radius 2 is 1.13 bits per heavy atom. The van der Waals surface area contributed by atoms with Crippen LogP contribution in [0.1, 0.15) is 20.7 Å². The first-order chi connectivity index (χ1) is 14.4. The summed E-state index contributed by atoms with van der Waals surface area (Å²) in [5.74, 6) is 0.00694. The topological polar surface area (TPSA) is 76.7 Å². The fourth-order valence-corrected chi connectivity index (χ4v) is 3.13. The van der Waals surface area contributed by atoms with Gasteiger partial charge in [-0.3, -0.25) is 9.59 Å². The Balaban J connectivity index is 1.79. The lowest BCUT2D eigenvalue weighted by Gasteiger charge is -2.12. The molecule has 2 N–H and O–H groups in total. The van der Waals surface area contributed by atoms with E-state index in [9.17, 15) is 9.59 Å². The number of hydrogen-bond donors (Lipinski definition) is 2. The summed E-state index contributed by atoms with van der Waals surface area (Å²) < 4.78 is 10.4. The van der Waals surface area contributed by atoms with E-state index in [2.05, 4.69) is 10.6 Å². The highest BCUT2D eigenvalue weighted by atomic mass is 35.5. The molecule has 0 aliphatic heterocycles. The van der Waals surface area contributed by atoms with Crippen LogP contribution in [-0.2, 0) is 0 Å². The Kier molecular flexibility index (Phi) is 6.82. The molecule has 2 amide bonds. The van der Waals surface area contributed by atoms with Crippen molar-refractivity contribution < 1.29 is 19.1 Å². The molecule has 0 aromatic heterocycles. The monoisotopic (exact) mass is 444 g/mol. The summed E-state index contributed by atoms with van der Waals surface area (Å²) >= 11 is 12.0. The molecule has 3 rings (SSSR count). The molecule has 0 saturated carbocycles. The summed E-state index contributed by atoms with van der Waals surface area (Å²) in [7, 11) is 2.95. The van der Waals surface area contributed by atoms with Crippen molar-refractivity contribution in [3.63, 3.8) is 0 Å². The third-order valence-electron chi connectivity index (χ3n) is 4.19. The largest absolute Gasteiger partial charge is 0.496 e. The van der Waals surface area contributed by atoms with Gasteiger partial charge in [0.15, 0.2) is 0 Å². The number of nitrogens with one attached hydrogen (secondary N) is 2. The number of hydrogen-bond acceptors (Lipinski definition) is 4. The van der Waals surface area contributed by atoms with Crippen LogP contribution in [0.2, 0.25) is 10.0 Å². The Labute approximate surface area is 183 Å². The molecule has 0 heterocycles. The number of benzene rings is 3. The van der Waals surface area contributed by atoms with Gasteiger partial charge in [-0.15, -0.1) is 0 Å². The van der Waals surface area contributed by atoms with E-state index >= 15 is 0 Å². The Bertz CT molecular complexity index is 1020. The van der Waals surface area contributed by atoms with E-state index in [4.69, 9.17) is 32.7 Å². The first-order valence-corrected chi connectivity index (χ1v) is 9.56. The van der Waals surface area contributed by atoms with Crippen LogP contribution in [-0.4, -0.2) is 26.0 Å². The predicted octanol–water partition coefficient (Wildman–Crippen LogP) is 5.52. The summed E-state index contributed by atoms with van der Waals surface area (Å²) in [5, 5.41) is 6.37. The zero-order valence-electron chi connectivity index (χ0n) is 16.2. The molecule has 3 aromatic carbocycles. The third kappa shape index (κ3) is 5.03. The molecule has 8 heteroatoms. The Morgan fingerprint density at radius 1 is 0.700 bits per heavy atom. The van der Waals surface area contributed by atoms with Crippen molar-refractivity contribution in [2.75, 3.05) is 24.9 Å². The molecule has 0 aliphatic rings. The lowest BCUT2D eigenvalue weighted by atomic mass is 10.1. The number of anilines is 2. The van der Waals surface area contributed by atoms with E-state index in [1.165, 1.54) is 26.4 Å². The molecule has 0 spiro atoms. The van der Waals surface area contributed by atoms with Crippen molar-refractivity contribution in [2.24, 2.45) is 0 Å². The Hall–Kier alpha value is -3.22. The quantitative estimate of drug-likeness (QED) is 0.524. The maximum atomic E-state index is 12.7. The van der Waals surface area contributed by atoms with Gasteiger partial charge < -0.3 is 20.1 Å². The molecule has 0 bridgehead atoms. The first-order valence-electron chi connectivity index (χ1n) is 8.81. The van der Waals surface area contributed by atoms with Gasteiger partial charge in [0.25, 0.3) is 11.8 Å². The fourth-order valence-electron chi connectivity index (χ4n) is 2.79. The Morgan fingerprint density at radius 3 is 1.53 bits per heavy atom. The number of ether oxygens (including phenoxy) is 2. The van der Waals surface area contributed by atoms with E-state index in [0.717, 1.165) is 0 Å². The minimum Gasteiger partial charge on any atom is -0.496 e. The number of carbonyl (C=O) groups excluding carboxylic acids is 2. The minimum atomic E-state index is -0.394. The van der Waals surface area contributed by atoms with Gasteiger partial charge in [-0.1, -0.05) is 29.3 Å². The average molecular weight is 445 g/mol. The summed E-state index contributed by atoms with van der Waals surface area (Å²) in [5.41, 5.74) is 1.56. The second kappa shape index (κ2) is 9.52. The van der Waals surface area contributed by atoms with Gasteiger partial charge in [0, 0.05) is 21.4 Å². The normalized spacial score (nSPS) is 10.3. The molecule has 154 valence electrons. The summed E-state index contributed by atoms with van der Waals surface area (Å²) in [4.78, 5) is 25.3. The number of methoxy groups -OCH3 is 2. The van der Waals surface area contributed by atoms with Gasteiger partial charge in [0.05, 0.1) is 25.3 Å². The van der Waals surface area contributed by atoms with E-state index in [0.29, 0.717) is 44.0 Å². The predicted molar refractivity (Wildman–Crippen MR) is 118 cm³/mol. The zero-order valence-corrected chi connectivity index (χ0v) is 17.7. The highest BCUT2D eigenvalue weighted by Gasteiger charge is 2.15. The smallest absolute Gasteiger partial charge is 0.259 e. The van der Waals surface area contributed by atoms with Gasteiger partial charge in [-0.2, -0.15) is 0 Å². The van der Waals surface area contributed by atoms with Gasteiger partial charge >= 0.3 is 0 Å². The summed E-state index contributed by atoms with van der Waals surface area (Å²) in [6, 6.07) is 16.3. The van der Waals surface area contributed by atoms with Crippen LogP contribution in [0.15, 0.2) is 60.7 Å². The standard InChI is InChI=1S/C22H18Cl2N2O4/c1-29-19-8-6-13(23)10-17(19)21(27)25-15-4-3-5-16(12-15)26-22(28)18-11-14(24)7-9-20(18)30-2/h3-12H,1-2H3,(H,25,27)(H,26,28). The van der Waals surface area contributed by atoms with Crippen LogP contribution in [0, 0.1) is 0 Å². The van der Waals surface area contributed by atoms with Crippen molar-refractivity contribution in [2.45, 2.75) is 0 Å². The van der Waals surface area contributed by atoms with E-state index < -0.39 is 11.8 Å². The van der Waals surface area contributed by atoms with Gasteiger partial charge in [-0.25, -0.2) is 0 Å². The van der Waals surface area contributed by atoms with Crippen molar-refractivity contribution in [1.82, 2.24) is 0 Å². The van der Waals surface area contributed by atoms with Gasteiger partial charge in [0.2, 0.25) is 0 Å². The van der Waals surface area contributed by atoms with Crippen molar-refractivity contribution in [3.05, 3.63) is 81.8 Å². The number of halogens is 2. The first kappa shape index (κ1) is 21.5. The van der Waals surface area contributed by atoms with Gasteiger partial charge in [0.1, 0.15) is 11.5 Å². The van der Waals surface area contributed by atoms with Crippen LogP contribution >= 0.6 is 23.2 Å². The van der Waals surface area contributed by atoms with Gasteiger partial charge in [-0.05, 0) is 54.6 Å². The summed E-state index contributed by atoms with van der Waals surface area (Å²) in [6.07, 6.45) is 0. The van der Waals surface area contributed by atoms with E-state index in [1.54, 1.807) is 48.5 Å². The third-order valence-corrected chi connectivity index (χ3v) is 4.66. The average Bonchev–Trinajstić information content (AvgIpc) is 2.73. The SMILES string of the molecule is COc1ccc(Cl)cc1C(=O)Nc1cccc(NC(=O)c2cc(Cl)ccc2OC)c1. The van der Waals surface area contributed by atoms with Crippen LogP contribution in [0.3, 0.4) is 0 Å². The molecule has 0 unspecified atom stereocenters. The number of amides is 2. The molecular weight excluding hydrogens is 427 g/mol. The summed E-state index contributed by atoms with van der Waals surface area (Å²) in [6.45, 7) is 0. The molecule has 0 fully saturated rings. The highest BCUT2D eigenvalue weighted by Crippen LogP contribution is 2.26. The van der Waals surface area contributed by atoms with Crippen LogP contribution < -0.4 is 20.1 Å². The van der Waals surface area contributed by atoms with Crippen LogP contribution in [0.25, 0.3) is 0 Å². The van der Waals surface area contributed by atoms with Crippen LogP contribution in [0.5, 0.6) is 11.5 Å². The molecular formula is C22H18Cl2N2O4. The zero-order chi connectivity index (χ0) is 21.7. The van der Waals surface area contributed by atoms with Crippen molar-refractivity contribution >= 4 is 46.4 Å². The maximum Gasteiger partial charge on any atom is 0.259 e. The maximum absolute atomic E-state index is 12.7. The molecule has 6 nitrogen and oxygen atoms in total. The molecule has 30 heavy (non-hydrogen) atoms. The van der Waals surface area contributed by atoms with Crippen molar-refractivity contribution in [1.29, 1.82) is 0 Å².